The number of ether oxygens (including phenoxy) is 1. The Morgan fingerprint density at radius 2 is 1.62 bits per heavy atom. The van der Waals surface area contributed by atoms with Crippen LogP contribution in [0.5, 0.6) is 5.75 Å². The number of hydrogen-bond acceptors (Lipinski definition) is 5. The third kappa shape index (κ3) is 7.17. The van der Waals surface area contributed by atoms with Crippen molar-refractivity contribution >= 4 is 27.5 Å². The van der Waals surface area contributed by atoms with Crippen molar-refractivity contribution in [1.29, 1.82) is 0 Å². The number of hydrogen-bond donors (Lipinski definition) is 1. The summed E-state index contributed by atoms with van der Waals surface area (Å²) in [5.74, 6) is -0.484. The number of anilines is 1. The zero-order chi connectivity index (χ0) is 28.6. The highest BCUT2D eigenvalue weighted by Gasteiger charge is 2.34. The van der Waals surface area contributed by atoms with E-state index in [1.807, 2.05) is 45.0 Å². The van der Waals surface area contributed by atoms with Crippen LogP contribution in [0.4, 0.5) is 5.69 Å². The average molecular weight is 552 g/mol. The summed E-state index contributed by atoms with van der Waals surface area (Å²) < 4.78 is 34.8. The molecule has 0 bridgehead atoms. The number of para-hydroxylation sites is 2. The van der Waals surface area contributed by atoms with Crippen molar-refractivity contribution in [2.75, 3.05) is 24.5 Å². The van der Waals surface area contributed by atoms with Crippen LogP contribution in [0.1, 0.15) is 37.0 Å². The lowest BCUT2D eigenvalue weighted by atomic mass is 10.1. The summed E-state index contributed by atoms with van der Waals surface area (Å²) >= 11 is 0. The Balaban J connectivity index is 2.11. The van der Waals surface area contributed by atoms with E-state index < -0.39 is 28.5 Å². The number of likely N-dealkylation sites (N-methyl/N-ethyl adjacent to an activating group) is 1. The highest BCUT2D eigenvalue weighted by atomic mass is 32.2. The molecule has 208 valence electrons. The Morgan fingerprint density at radius 1 is 0.923 bits per heavy atom. The number of nitrogens with one attached hydrogen (secondary N) is 1. The maximum atomic E-state index is 14.0. The Labute approximate surface area is 231 Å². The van der Waals surface area contributed by atoms with Gasteiger partial charge in [0.25, 0.3) is 10.0 Å². The molecule has 39 heavy (non-hydrogen) atoms. The second kappa shape index (κ2) is 13.3. The van der Waals surface area contributed by atoms with Crippen LogP contribution in [0.25, 0.3) is 0 Å². The molecule has 0 spiro atoms. The van der Waals surface area contributed by atoms with E-state index in [1.165, 1.54) is 24.1 Å². The van der Waals surface area contributed by atoms with Crippen molar-refractivity contribution in [3.8, 4) is 5.75 Å². The van der Waals surface area contributed by atoms with E-state index in [4.69, 9.17) is 4.74 Å². The molecule has 2 amide bonds. The van der Waals surface area contributed by atoms with Gasteiger partial charge in [-0.2, -0.15) is 0 Å². The highest BCUT2D eigenvalue weighted by molar-refractivity contribution is 7.92. The molecular formula is C30H37N3O5S. The number of amides is 2. The molecule has 3 aromatic carbocycles. The van der Waals surface area contributed by atoms with Gasteiger partial charge in [-0.1, -0.05) is 66.6 Å². The molecule has 0 aliphatic carbocycles. The van der Waals surface area contributed by atoms with Crippen LogP contribution in [0.2, 0.25) is 0 Å². The van der Waals surface area contributed by atoms with Gasteiger partial charge >= 0.3 is 0 Å². The summed E-state index contributed by atoms with van der Waals surface area (Å²) in [6.07, 6.45) is 0.359. The summed E-state index contributed by atoms with van der Waals surface area (Å²) in [6, 6.07) is 20.1. The number of carbonyl (C=O) groups excluding carboxylic acids is 2. The monoisotopic (exact) mass is 551 g/mol. The van der Waals surface area contributed by atoms with Gasteiger partial charge in [0.05, 0.1) is 17.2 Å². The molecule has 3 aromatic rings. The third-order valence-corrected chi connectivity index (χ3v) is 8.16. The van der Waals surface area contributed by atoms with Gasteiger partial charge in [-0.3, -0.25) is 13.9 Å². The number of carbonyl (C=O) groups is 2. The molecule has 8 nitrogen and oxygen atoms in total. The molecule has 0 fully saturated rings. The van der Waals surface area contributed by atoms with Gasteiger partial charge in [0.1, 0.15) is 18.3 Å². The Morgan fingerprint density at radius 3 is 2.23 bits per heavy atom. The van der Waals surface area contributed by atoms with Gasteiger partial charge in [-0.15, -0.1) is 0 Å². The van der Waals surface area contributed by atoms with Crippen LogP contribution in [-0.4, -0.2) is 51.4 Å². The fraction of sp³-hybridized carbons (Fsp3) is 0.333. The summed E-state index contributed by atoms with van der Waals surface area (Å²) in [6.45, 7) is 7.40. The smallest absolute Gasteiger partial charge is 0.264 e. The minimum absolute atomic E-state index is 0.0516. The zero-order valence-corrected chi connectivity index (χ0v) is 24.0. The quantitative estimate of drug-likeness (QED) is 0.359. The average Bonchev–Trinajstić information content (AvgIpc) is 2.92. The predicted octanol–water partition coefficient (Wildman–Crippen LogP) is 4.45. The zero-order valence-electron chi connectivity index (χ0n) is 23.2. The van der Waals surface area contributed by atoms with Crippen LogP contribution >= 0.6 is 0 Å². The second-order valence-electron chi connectivity index (χ2n) is 9.27. The molecule has 0 saturated heterocycles. The van der Waals surface area contributed by atoms with Crippen molar-refractivity contribution in [1.82, 2.24) is 10.2 Å². The lowest BCUT2D eigenvalue weighted by molar-refractivity contribution is -0.140. The first kappa shape index (κ1) is 29.7. The minimum atomic E-state index is -4.17. The third-order valence-electron chi connectivity index (χ3n) is 6.39. The fourth-order valence-electron chi connectivity index (χ4n) is 4.38. The Kier molecular flexibility index (Phi) is 10.1. The van der Waals surface area contributed by atoms with Gasteiger partial charge in [-0.25, -0.2) is 8.42 Å². The Bertz CT molecular complexity index is 1390. The second-order valence-corrected chi connectivity index (χ2v) is 11.1. The van der Waals surface area contributed by atoms with Gasteiger partial charge in [0.15, 0.2) is 0 Å². The topological polar surface area (TPSA) is 96.0 Å². The summed E-state index contributed by atoms with van der Waals surface area (Å²) in [7, 11) is -2.65. The largest absolute Gasteiger partial charge is 0.492 e. The molecule has 0 aromatic heterocycles. The van der Waals surface area contributed by atoms with E-state index >= 15 is 0 Å². The Hall–Kier alpha value is -3.85. The molecular weight excluding hydrogens is 514 g/mol. The van der Waals surface area contributed by atoms with Crippen LogP contribution < -0.4 is 14.4 Å². The van der Waals surface area contributed by atoms with E-state index in [-0.39, 0.29) is 23.0 Å². The molecule has 0 radical (unpaired) electrons. The van der Waals surface area contributed by atoms with E-state index in [2.05, 4.69) is 5.32 Å². The van der Waals surface area contributed by atoms with Crippen molar-refractivity contribution in [2.24, 2.45) is 0 Å². The number of aryl methyl sites for hydroxylation is 2. The molecule has 0 heterocycles. The van der Waals surface area contributed by atoms with Crippen LogP contribution in [0.3, 0.4) is 0 Å². The van der Waals surface area contributed by atoms with Crippen LogP contribution in [0, 0.1) is 13.8 Å². The van der Waals surface area contributed by atoms with Gasteiger partial charge < -0.3 is 15.0 Å². The molecule has 0 aliphatic heterocycles. The summed E-state index contributed by atoms with van der Waals surface area (Å²) in [5.41, 5.74) is 3.01. The van der Waals surface area contributed by atoms with Crippen molar-refractivity contribution in [2.45, 2.75) is 51.6 Å². The van der Waals surface area contributed by atoms with Crippen molar-refractivity contribution in [3.05, 3.63) is 89.5 Å². The highest BCUT2D eigenvalue weighted by Crippen LogP contribution is 2.33. The summed E-state index contributed by atoms with van der Waals surface area (Å²) in [4.78, 5) is 28.4. The number of rotatable bonds is 12. The maximum absolute atomic E-state index is 14.0. The van der Waals surface area contributed by atoms with Crippen molar-refractivity contribution < 1.29 is 22.7 Å². The minimum Gasteiger partial charge on any atom is -0.492 e. The van der Waals surface area contributed by atoms with Gasteiger partial charge in [0, 0.05) is 13.6 Å². The summed E-state index contributed by atoms with van der Waals surface area (Å²) in [5, 5.41) is 2.64. The fourth-order valence-corrected chi connectivity index (χ4v) is 5.81. The molecule has 9 heteroatoms. The van der Waals surface area contributed by atoms with E-state index in [1.54, 1.807) is 43.3 Å². The lowest BCUT2D eigenvalue weighted by Gasteiger charge is -2.33. The van der Waals surface area contributed by atoms with Crippen LogP contribution in [-0.2, 0) is 26.2 Å². The molecule has 0 aliphatic rings. The molecule has 1 atom stereocenters. The lowest BCUT2D eigenvalue weighted by Crippen LogP contribution is -2.51. The molecule has 0 saturated carbocycles. The first-order valence-electron chi connectivity index (χ1n) is 13.0. The normalized spacial score (nSPS) is 11.9. The SMILES string of the molecule is CCOc1ccccc1N(CC(=O)N(Cc1cccc(C)c1)C(CC)C(=O)NC)S(=O)(=O)c1ccc(C)cc1. The van der Waals surface area contributed by atoms with E-state index in [0.717, 1.165) is 21.0 Å². The first-order chi connectivity index (χ1) is 18.6. The molecule has 3 rings (SSSR count). The van der Waals surface area contributed by atoms with Crippen molar-refractivity contribution in [3.63, 3.8) is 0 Å². The van der Waals surface area contributed by atoms with E-state index in [0.29, 0.717) is 18.8 Å². The van der Waals surface area contributed by atoms with E-state index in [9.17, 15) is 18.0 Å². The number of nitrogens with zero attached hydrogens (tertiary/aromatic N) is 2. The van der Waals surface area contributed by atoms with Gasteiger partial charge in [0.2, 0.25) is 11.8 Å². The van der Waals surface area contributed by atoms with Crippen LogP contribution in [0.15, 0.2) is 77.7 Å². The number of sulfonamides is 1. The van der Waals surface area contributed by atoms with Gasteiger partial charge in [-0.05, 0) is 57.0 Å². The maximum Gasteiger partial charge on any atom is 0.264 e. The molecule has 1 N–H and O–H groups in total. The standard InChI is InChI=1S/C30H37N3O5S/c1-6-26(30(35)31-5)32(20-24-12-10-11-23(4)19-24)29(34)21-33(27-13-8-9-14-28(27)38-7-2)39(36,37)25-17-15-22(3)16-18-25/h8-19,26H,6-7,20-21H2,1-5H3,(H,31,35). The first-order valence-corrected chi connectivity index (χ1v) is 14.4. The predicted molar refractivity (Wildman–Crippen MR) is 153 cm³/mol. The molecule has 1 unspecified atom stereocenters. The number of benzene rings is 3.